The van der Waals surface area contributed by atoms with Gasteiger partial charge < -0.3 is 9.47 Å². The molecule has 0 fully saturated rings. The number of carbonyl (C=O) groups is 1. The highest BCUT2D eigenvalue weighted by atomic mass is 16.5. The molecule has 1 unspecified atom stereocenters. The molecule has 4 heteroatoms. The molecule has 0 aromatic heterocycles. The molecule has 0 amide bonds. The van der Waals surface area contributed by atoms with Gasteiger partial charge in [0.2, 0.25) is 0 Å². The number of nitrogens with zero attached hydrogens (tertiary/aromatic N) is 1. The first-order valence-corrected chi connectivity index (χ1v) is 7.03. The van der Waals surface area contributed by atoms with E-state index in [9.17, 15) is 4.79 Å². The summed E-state index contributed by atoms with van der Waals surface area (Å²) in [4.78, 5) is 11.9. The van der Waals surface area contributed by atoms with Crippen LogP contribution in [0.25, 0.3) is 0 Å². The van der Waals surface area contributed by atoms with E-state index in [0.717, 1.165) is 24.2 Å². The first kappa shape index (κ1) is 14.4. The van der Waals surface area contributed by atoms with Crippen molar-refractivity contribution < 1.29 is 14.3 Å². The molecule has 4 nitrogen and oxygen atoms in total. The van der Waals surface area contributed by atoms with Crippen molar-refractivity contribution in [3.63, 3.8) is 0 Å². The lowest BCUT2D eigenvalue weighted by molar-refractivity contribution is -0.148. The van der Waals surface area contributed by atoms with Crippen LogP contribution in [0.5, 0.6) is 5.75 Å². The van der Waals surface area contributed by atoms with Crippen molar-refractivity contribution >= 4 is 5.97 Å². The molecule has 1 aromatic rings. The molecule has 0 saturated heterocycles. The zero-order valence-corrected chi connectivity index (χ0v) is 11.7. The van der Waals surface area contributed by atoms with Gasteiger partial charge in [0.1, 0.15) is 12.4 Å². The van der Waals surface area contributed by atoms with E-state index < -0.39 is 0 Å². The number of benzene rings is 1. The SMILES string of the molecule is CCOC(=O)C1CCc2cccc(OCCC#N)c2C1. The van der Waals surface area contributed by atoms with E-state index in [4.69, 9.17) is 14.7 Å². The second-order valence-electron chi connectivity index (χ2n) is 4.84. The molecule has 0 spiro atoms. The van der Waals surface area contributed by atoms with E-state index in [-0.39, 0.29) is 11.9 Å². The minimum absolute atomic E-state index is 0.0804. The minimum Gasteiger partial charge on any atom is -0.492 e. The Morgan fingerprint density at radius 1 is 1.50 bits per heavy atom. The summed E-state index contributed by atoms with van der Waals surface area (Å²) in [6.45, 7) is 2.63. The normalized spacial score (nSPS) is 16.9. The predicted octanol–water partition coefficient (Wildman–Crippen LogP) is 2.65. The summed E-state index contributed by atoms with van der Waals surface area (Å²) in [7, 11) is 0. The van der Waals surface area contributed by atoms with Gasteiger partial charge in [-0.25, -0.2) is 0 Å². The largest absolute Gasteiger partial charge is 0.492 e. The van der Waals surface area contributed by atoms with Crippen molar-refractivity contribution in [1.82, 2.24) is 0 Å². The lowest BCUT2D eigenvalue weighted by Crippen LogP contribution is -2.25. The Morgan fingerprint density at radius 2 is 2.35 bits per heavy atom. The summed E-state index contributed by atoms with van der Waals surface area (Å²) >= 11 is 0. The number of esters is 1. The second kappa shape index (κ2) is 6.95. The third-order valence-electron chi connectivity index (χ3n) is 3.53. The van der Waals surface area contributed by atoms with Gasteiger partial charge in [-0.1, -0.05) is 12.1 Å². The van der Waals surface area contributed by atoms with E-state index in [0.29, 0.717) is 26.1 Å². The van der Waals surface area contributed by atoms with Crippen LogP contribution >= 0.6 is 0 Å². The molecule has 1 atom stereocenters. The molecule has 0 heterocycles. The second-order valence-corrected chi connectivity index (χ2v) is 4.84. The third-order valence-corrected chi connectivity index (χ3v) is 3.53. The van der Waals surface area contributed by atoms with Crippen LogP contribution in [0.1, 0.15) is 30.9 Å². The van der Waals surface area contributed by atoms with Crippen LogP contribution in [-0.2, 0) is 22.4 Å². The highest BCUT2D eigenvalue weighted by Crippen LogP contribution is 2.33. The molecule has 0 saturated carbocycles. The molecule has 1 aliphatic carbocycles. The number of ether oxygens (including phenoxy) is 2. The molecular weight excluding hydrogens is 254 g/mol. The lowest BCUT2D eigenvalue weighted by atomic mass is 9.83. The van der Waals surface area contributed by atoms with Crippen molar-refractivity contribution in [2.24, 2.45) is 5.92 Å². The number of nitriles is 1. The fraction of sp³-hybridized carbons (Fsp3) is 0.500. The van der Waals surface area contributed by atoms with Crippen molar-refractivity contribution in [1.29, 1.82) is 5.26 Å². The summed E-state index contributed by atoms with van der Waals surface area (Å²) < 4.78 is 10.8. The van der Waals surface area contributed by atoms with Crippen molar-refractivity contribution in [3.05, 3.63) is 29.3 Å². The zero-order chi connectivity index (χ0) is 14.4. The Kier molecular flexibility index (Phi) is 5.00. The van der Waals surface area contributed by atoms with Gasteiger partial charge in [-0.15, -0.1) is 0 Å². The van der Waals surface area contributed by atoms with E-state index in [1.807, 2.05) is 19.1 Å². The van der Waals surface area contributed by atoms with Crippen LogP contribution in [0.3, 0.4) is 0 Å². The van der Waals surface area contributed by atoms with Gasteiger partial charge in [-0.2, -0.15) is 5.26 Å². The monoisotopic (exact) mass is 273 g/mol. The summed E-state index contributed by atoms with van der Waals surface area (Å²) in [5.41, 5.74) is 2.33. The first-order chi connectivity index (χ1) is 9.76. The van der Waals surface area contributed by atoms with Gasteiger partial charge >= 0.3 is 5.97 Å². The van der Waals surface area contributed by atoms with Gasteiger partial charge in [-0.3, -0.25) is 4.79 Å². The van der Waals surface area contributed by atoms with Crippen molar-refractivity contribution in [2.75, 3.05) is 13.2 Å². The van der Waals surface area contributed by atoms with Gasteiger partial charge in [0.25, 0.3) is 0 Å². The van der Waals surface area contributed by atoms with Crippen LogP contribution in [0, 0.1) is 17.2 Å². The molecule has 0 radical (unpaired) electrons. The maximum Gasteiger partial charge on any atom is 0.309 e. The van der Waals surface area contributed by atoms with Crippen LogP contribution in [0.2, 0.25) is 0 Å². The molecule has 20 heavy (non-hydrogen) atoms. The van der Waals surface area contributed by atoms with E-state index in [1.54, 1.807) is 0 Å². The Labute approximate surface area is 119 Å². The fourth-order valence-electron chi connectivity index (χ4n) is 2.56. The molecule has 0 bridgehead atoms. The smallest absolute Gasteiger partial charge is 0.309 e. The highest BCUT2D eigenvalue weighted by Gasteiger charge is 2.27. The van der Waals surface area contributed by atoms with Gasteiger partial charge in [0.05, 0.1) is 25.0 Å². The fourth-order valence-corrected chi connectivity index (χ4v) is 2.56. The van der Waals surface area contributed by atoms with Gasteiger partial charge in [-0.05, 0) is 43.4 Å². The van der Waals surface area contributed by atoms with Gasteiger partial charge in [0, 0.05) is 0 Å². The van der Waals surface area contributed by atoms with Crippen LogP contribution in [-0.4, -0.2) is 19.2 Å². The summed E-state index contributed by atoms with van der Waals surface area (Å²) in [5, 5.41) is 8.57. The summed E-state index contributed by atoms with van der Waals surface area (Å²) in [6, 6.07) is 8.01. The topological polar surface area (TPSA) is 59.3 Å². The average molecular weight is 273 g/mol. The maximum absolute atomic E-state index is 11.9. The number of rotatable bonds is 5. The first-order valence-electron chi connectivity index (χ1n) is 7.03. The quantitative estimate of drug-likeness (QED) is 0.611. The Morgan fingerprint density at radius 3 is 3.10 bits per heavy atom. The summed E-state index contributed by atoms with van der Waals surface area (Å²) in [5.74, 6) is 0.597. The lowest BCUT2D eigenvalue weighted by Gasteiger charge is -2.25. The predicted molar refractivity (Wildman–Crippen MR) is 74.3 cm³/mol. The average Bonchev–Trinajstić information content (AvgIpc) is 2.47. The molecule has 0 aliphatic heterocycles. The Balaban J connectivity index is 2.12. The number of aryl methyl sites for hydroxylation is 1. The van der Waals surface area contributed by atoms with Gasteiger partial charge in [0.15, 0.2) is 0 Å². The van der Waals surface area contributed by atoms with Crippen LogP contribution in [0.4, 0.5) is 0 Å². The molecule has 0 N–H and O–H groups in total. The number of fused-ring (bicyclic) bond motifs is 1. The maximum atomic E-state index is 11.9. The van der Waals surface area contributed by atoms with E-state index in [2.05, 4.69) is 12.1 Å². The summed E-state index contributed by atoms with van der Waals surface area (Å²) in [6.07, 6.45) is 2.73. The standard InChI is InChI=1S/C16H19NO3/c1-2-19-16(18)13-8-7-12-5-3-6-15(14(12)11-13)20-10-4-9-17/h3,5-6,13H,2,4,7-8,10-11H2,1H3. The van der Waals surface area contributed by atoms with Crippen molar-refractivity contribution in [3.8, 4) is 11.8 Å². The van der Waals surface area contributed by atoms with E-state index in [1.165, 1.54) is 5.56 Å². The Hall–Kier alpha value is -2.02. The van der Waals surface area contributed by atoms with Crippen LogP contribution < -0.4 is 4.74 Å². The minimum atomic E-state index is -0.120. The molecule has 2 rings (SSSR count). The molecular formula is C16H19NO3. The third kappa shape index (κ3) is 3.30. The molecule has 1 aromatic carbocycles. The highest BCUT2D eigenvalue weighted by molar-refractivity contribution is 5.73. The van der Waals surface area contributed by atoms with Crippen molar-refractivity contribution in [2.45, 2.75) is 32.6 Å². The van der Waals surface area contributed by atoms with Crippen LogP contribution in [0.15, 0.2) is 18.2 Å². The molecule has 1 aliphatic rings. The number of carbonyl (C=O) groups excluding carboxylic acids is 1. The van der Waals surface area contributed by atoms with E-state index >= 15 is 0 Å². The number of hydrogen-bond acceptors (Lipinski definition) is 4. The zero-order valence-electron chi connectivity index (χ0n) is 11.7. The Bertz CT molecular complexity index is 519. The number of hydrogen-bond donors (Lipinski definition) is 0. The molecule has 106 valence electrons.